The van der Waals surface area contributed by atoms with Crippen molar-refractivity contribution in [3.63, 3.8) is 0 Å². The zero-order valence-electron chi connectivity index (χ0n) is 12.0. The highest BCUT2D eigenvalue weighted by molar-refractivity contribution is 5.65. The third-order valence-corrected chi connectivity index (χ3v) is 5.56. The maximum absolute atomic E-state index is 4.27. The third kappa shape index (κ3) is 1.23. The molecule has 1 saturated carbocycles. The highest BCUT2D eigenvalue weighted by atomic mass is 15.2. The van der Waals surface area contributed by atoms with Gasteiger partial charge in [0.1, 0.15) is 0 Å². The Bertz CT molecular complexity index is 514. The lowest BCUT2D eigenvalue weighted by molar-refractivity contribution is 0.125. The summed E-state index contributed by atoms with van der Waals surface area (Å²) in [6.45, 7) is 11.5. The lowest BCUT2D eigenvalue weighted by atomic mass is 9.54. The summed E-state index contributed by atoms with van der Waals surface area (Å²) in [4.78, 5) is 2.47. The fraction of sp³-hybridized carbons (Fsp3) is 0.529. The van der Waals surface area contributed by atoms with Gasteiger partial charge in [-0.05, 0) is 29.9 Å². The van der Waals surface area contributed by atoms with Crippen molar-refractivity contribution < 1.29 is 0 Å². The van der Waals surface area contributed by atoms with Gasteiger partial charge in [0.05, 0.1) is 0 Å². The van der Waals surface area contributed by atoms with E-state index >= 15 is 0 Å². The van der Waals surface area contributed by atoms with Gasteiger partial charge in [-0.15, -0.1) is 0 Å². The van der Waals surface area contributed by atoms with E-state index in [0.717, 1.165) is 12.8 Å². The Morgan fingerprint density at radius 3 is 2.61 bits per heavy atom. The lowest BCUT2D eigenvalue weighted by Crippen LogP contribution is -2.53. The van der Waals surface area contributed by atoms with Crippen molar-refractivity contribution >= 4 is 5.69 Å². The number of rotatable bonds is 0. The Kier molecular flexibility index (Phi) is 2.24. The molecule has 0 saturated heterocycles. The Balaban J connectivity index is 2.23. The molecule has 1 aromatic carbocycles. The summed E-state index contributed by atoms with van der Waals surface area (Å²) in [5, 5.41) is 0. The van der Waals surface area contributed by atoms with Gasteiger partial charge in [-0.25, -0.2) is 0 Å². The average molecular weight is 241 g/mol. The Morgan fingerprint density at radius 1 is 1.22 bits per heavy atom. The Labute approximate surface area is 111 Å². The molecule has 96 valence electrons. The summed E-state index contributed by atoms with van der Waals surface area (Å²) in [6.07, 6.45) is 2.27. The van der Waals surface area contributed by atoms with Crippen molar-refractivity contribution in [3.05, 3.63) is 42.0 Å². The summed E-state index contributed by atoms with van der Waals surface area (Å²) in [5.74, 6) is 0. The molecule has 0 spiro atoms. The van der Waals surface area contributed by atoms with E-state index in [9.17, 15) is 0 Å². The zero-order valence-corrected chi connectivity index (χ0v) is 12.0. The number of likely N-dealkylation sites (N-methyl/N-ethyl adjacent to an activating group) is 1. The van der Waals surface area contributed by atoms with Gasteiger partial charge in [0.25, 0.3) is 0 Å². The molecule has 0 N–H and O–H groups in total. The molecule has 18 heavy (non-hydrogen) atoms. The Hall–Kier alpha value is -1.24. The summed E-state index contributed by atoms with van der Waals surface area (Å²) in [5.41, 5.74) is 4.85. The minimum Gasteiger partial charge on any atom is -0.370 e. The molecule has 1 heteroatoms. The fourth-order valence-corrected chi connectivity index (χ4v) is 4.27. The van der Waals surface area contributed by atoms with E-state index in [2.05, 4.69) is 63.6 Å². The van der Waals surface area contributed by atoms with E-state index < -0.39 is 0 Å². The van der Waals surface area contributed by atoms with Crippen LogP contribution in [0.5, 0.6) is 0 Å². The van der Waals surface area contributed by atoms with Gasteiger partial charge in [-0.3, -0.25) is 0 Å². The van der Waals surface area contributed by atoms with Gasteiger partial charge < -0.3 is 4.90 Å². The quantitative estimate of drug-likeness (QED) is 0.617. The van der Waals surface area contributed by atoms with Gasteiger partial charge >= 0.3 is 0 Å². The van der Waals surface area contributed by atoms with Gasteiger partial charge in [-0.2, -0.15) is 0 Å². The Morgan fingerprint density at radius 2 is 1.89 bits per heavy atom. The number of benzene rings is 1. The summed E-state index contributed by atoms with van der Waals surface area (Å²) >= 11 is 0. The van der Waals surface area contributed by atoms with E-state index in [1.54, 1.807) is 0 Å². The first-order chi connectivity index (χ1) is 8.38. The second-order valence-corrected chi connectivity index (χ2v) is 6.86. The molecular weight excluding hydrogens is 218 g/mol. The molecule has 1 aromatic rings. The largest absolute Gasteiger partial charge is 0.370 e. The first-order valence-electron chi connectivity index (χ1n) is 6.87. The number of nitrogens with zero attached hydrogens (tertiary/aromatic N) is 1. The van der Waals surface area contributed by atoms with Crippen molar-refractivity contribution in [3.8, 4) is 0 Å². The summed E-state index contributed by atoms with van der Waals surface area (Å²) < 4.78 is 0. The highest BCUT2D eigenvalue weighted by Gasteiger charge is 2.57. The zero-order chi connectivity index (χ0) is 13.1. The molecule has 1 nitrogen and oxygen atoms in total. The molecule has 1 aliphatic heterocycles. The van der Waals surface area contributed by atoms with Crippen LogP contribution in [0.4, 0.5) is 5.69 Å². The fourth-order valence-electron chi connectivity index (χ4n) is 4.27. The van der Waals surface area contributed by atoms with Crippen molar-refractivity contribution in [2.75, 3.05) is 11.9 Å². The molecule has 0 bridgehead atoms. The molecular formula is C17H23N. The summed E-state index contributed by atoms with van der Waals surface area (Å²) in [6, 6.07) is 9.48. The minimum absolute atomic E-state index is 0.236. The maximum atomic E-state index is 4.27. The van der Waals surface area contributed by atoms with E-state index in [4.69, 9.17) is 0 Å². The number of hydrogen-bond acceptors (Lipinski definition) is 1. The number of para-hydroxylation sites is 1. The van der Waals surface area contributed by atoms with Crippen molar-refractivity contribution in [1.82, 2.24) is 0 Å². The predicted molar refractivity (Wildman–Crippen MR) is 78.1 cm³/mol. The van der Waals surface area contributed by atoms with Gasteiger partial charge in [0, 0.05) is 24.2 Å². The lowest BCUT2D eigenvalue weighted by Gasteiger charge is -2.52. The molecule has 1 aliphatic carbocycles. The van der Waals surface area contributed by atoms with Crippen LogP contribution in [0.25, 0.3) is 0 Å². The van der Waals surface area contributed by atoms with Crippen LogP contribution in [-0.2, 0) is 5.41 Å². The smallest absolute Gasteiger partial charge is 0.0423 e. The topological polar surface area (TPSA) is 3.24 Å². The molecule has 2 aliphatic rings. The maximum Gasteiger partial charge on any atom is 0.0423 e. The van der Waals surface area contributed by atoms with E-state index in [0.29, 0.717) is 6.04 Å². The second-order valence-electron chi connectivity index (χ2n) is 6.86. The van der Waals surface area contributed by atoms with Crippen LogP contribution >= 0.6 is 0 Å². The van der Waals surface area contributed by atoms with Crippen LogP contribution in [0.2, 0.25) is 0 Å². The van der Waals surface area contributed by atoms with Crippen LogP contribution in [0.1, 0.15) is 39.2 Å². The monoisotopic (exact) mass is 241 g/mol. The third-order valence-electron chi connectivity index (χ3n) is 5.56. The SMILES string of the molecule is C=C1C[C@H]2N(C)c3ccccc3[C@@]2(C)C(C)(C)C1. The van der Waals surface area contributed by atoms with Crippen molar-refractivity contribution in [2.24, 2.45) is 5.41 Å². The van der Waals surface area contributed by atoms with E-state index in [1.807, 2.05) is 0 Å². The molecule has 0 amide bonds. The van der Waals surface area contributed by atoms with Crippen LogP contribution in [0.15, 0.2) is 36.4 Å². The molecule has 2 atom stereocenters. The predicted octanol–water partition coefficient (Wildman–Crippen LogP) is 4.14. The molecule has 1 heterocycles. The van der Waals surface area contributed by atoms with Crippen molar-refractivity contribution in [1.29, 1.82) is 0 Å². The van der Waals surface area contributed by atoms with Crippen LogP contribution in [0.3, 0.4) is 0 Å². The minimum atomic E-state index is 0.236. The molecule has 0 aromatic heterocycles. The number of fused-ring (bicyclic) bond motifs is 3. The standard InChI is InChI=1S/C17H23N/c1-12-10-15-17(4,16(2,3)11-12)13-8-6-7-9-14(13)18(15)5/h6-9,15H,1,10-11H2,2-5H3/t15-,17-/m1/s1. The summed E-state index contributed by atoms with van der Waals surface area (Å²) in [7, 11) is 2.24. The first kappa shape index (κ1) is 11.8. The highest BCUT2D eigenvalue weighted by Crippen LogP contribution is 2.60. The van der Waals surface area contributed by atoms with Crippen LogP contribution < -0.4 is 4.90 Å². The second kappa shape index (κ2) is 3.40. The molecule has 3 rings (SSSR count). The molecule has 0 radical (unpaired) electrons. The van der Waals surface area contributed by atoms with Gasteiger partial charge in [0.2, 0.25) is 0 Å². The number of hydrogen-bond donors (Lipinski definition) is 0. The normalized spacial score (nSPS) is 33.2. The average Bonchev–Trinajstić information content (AvgIpc) is 2.52. The van der Waals surface area contributed by atoms with Crippen LogP contribution in [-0.4, -0.2) is 13.1 Å². The first-order valence-corrected chi connectivity index (χ1v) is 6.87. The van der Waals surface area contributed by atoms with Gasteiger partial charge in [-0.1, -0.05) is 51.1 Å². The molecule has 0 unspecified atom stereocenters. The number of anilines is 1. The van der Waals surface area contributed by atoms with E-state index in [-0.39, 0.29) is 10.8 Å². The van der Waals surface area contributed by atoms with E-state index in [1.165, 1.54) is 16.8 Å². The van der Waals surface area contributed by atoms with Crippen LogP contribution in [0, 0.1) is 5.41 Å². The van der Waals surface area contributed by atoms with Gasteiger partial charge in [0.15, 0.2) is 0 Å². The van der Waals surface area contributed by atoms with Crippen molar-refractivity contribution in [2.45, 2.75) is 45.1 Å². The molecule has 1 fully saturated rings.